The Balaban J connectivity index is 1.62. The number of hydrogen-bond acceptors (Lipinski definition) is 5. The molecule has 0 amide bonds. The van der Waals surface area contributed by atoms with E-state index in [4.69, 9.17) is 14.2 Å². The average Bonchev–Trinajstić information content (AvgIpc) is 2.63. The van der Waals surface area contributed by atoms with Gasteiger partial charge >= 0.3 is 6.01 Å². The third-order valence-corrected chi connectivity index (χ3v) is 3.62. The SMILES string of the molecule is CCOc1ccc(CCOc2ncc3ccccc3n2)cc1OC. The summed E-state index contributed by atoms with van der Waals surface area (Å²) in [5.41, 5.74) is 1.99. The van der Waals surface area contributed by atoms with Gasteiger partial charge in [-0.05, 0) is 30.7 Å². The summed E-state index contributed by atoms with van der Waals surface area (Å²) in [4.78, 5) is 8.63. The third kappa shape index (κ3) is 3.74. The second-order valence-corrected chi connectivity index (χ2v) is 5.23. The molecule has 5 nitrogen and oxygen atoms in total. The van der Waals surface area contributed by atoms with Crippen molar-refractivity contribution in [1.82, 2.24) is 9.97 Å². The summed E-state index contributed by atoms with van der Waals surface area (Å²) in [5.74, 6) is 1.49. The summed E-state index contributed by atoms with van der Waals surface area (Å²) in [5, 5.41) is 1.00. The van der Waals surface area contributed by atoms with Crippen LogP contribution in [-0.4, -0.2) is 30.3 Å². The van der Waals surface area contributed by atoms with Gasteiger partial charge in [0.1, 0.15) is 0 Å². The van der Waals surface area contributed by atoms with Gasteiger partial charge in [-0.2, -0.15) is 4.98 Å². The van der Waals surface area contributed by atoms with E-state index in [2.05, 4.69) is 9.97 Å². The number of ether oxygens (including phenoxy) is 3. The van der Waals surface area contributed by atoms with Gasteiger partial charge in [0, 0.05) is 18.0 Å². The monoisotopic (exact) mass is 324 g/mol. The molecule has 0 N–H and O–H groups in total. The predicted molar refractivity (Wildman–Crippen MR) is 92.9 cm³/mol. The Hall–Kier alpha value is -2.82. The lowest BCUT2D eigenvalue weighted by molar-refractivity contribution is 0.296. The molecular formula is C19H20N2O3. The largest absolute Gasteiger partial charge is 0.493 e. The third-order valence-electron chi connectivity index (χ3n) is 3.62. The smallest absolute Gasteiger partial charge is 0.316 e. The molecule has 0 saturated heterocycles. The molecular weight excluding hydrogens is 304 g/mol. The molecule has 0 fully saturated rings. The van der Waals surface area contributed by atoms with Crippen LogP contribution in [-0.2, 0) is 6.42 Å². The minimum atomic E-state index is 0.395. The molecule has 1 heterocycles. The standard InChI is InChI=1S/C19H20N2O3/c1-3-23-17-9-8-14(12-18(17)22-2)10-11-24-19-20-13-15-6-4-5-7-16(15)21-19/h4-9,12-13H,3,10-11H2,1-2H3. The van der Waals surface area contributed by atoms with E-state index in [1.54, 1.807) is 13.3 Å². The summed E-state index contributed by atoms with van der Waals surface area (Å²) in [6.07, 6.45) is 2.51. The highest BCUT2D eigenvalue weighted by atomic mass is 16.5. The molecule has 24 heavy (non-hydrogen) atoms. The maximum atomic E-state index is 5.67. The van der Waals surface area contributed by atoms with Crippen molar-refractivity contribution in [2.24, 2.45) is 0 Å². The van der Waals surface area contributed by atoms with Crippen LogP contribution in [0.4, 0.5) is 0 Å². The van der Waals surface area contributed by atoms with Gasteiger partial charge in [0.25, 0.3) is 0 Å². The first-order valence-corrected chi connectivity index (χ1v) is 7.94. The van der Waals surface area contributed by atoms with Gasteiger partial charge in [0.05, 0.1) is 25.8 Å². The molecule has 0 saturated carbocycles. The van der Waals surface area contributed by atoms with Crippen molar-refractivity contribution >= 4 is 10.9 Å². The lowest BCUT2D eigenvalue weighted by atomic mass is 10.1. The molecule has 0 spiro atoms. The van der Waals surface area contributed by atoms with E-state index in [-0.39, 0.29) is 0 Å². The fraction of sp³-hybridized carbons (Fsp3) is 0.263. The van der Waals surface area contributed by atoms with Crippen molar-refractivity contribution in [1.29, 1.82) is 0 Å². The second-order valence-electron chi connectivity index (χ2n) is 5.23. The van der Waals surface area contributed by atoms with Crippen LogP contribution in [0.2, 0.25) is 0 Å². The van der Waals surface area contributed by atoms with E-state index in [0.29, 0.717) is 19.2 Å². The molecule has 3 aromatic rings. The number of fused-ring (bicyclic) bond motifs is 1. The molecule has 0 atom stereocenters. The van der Waals surface area contributed by atoms with E-state index in [1.165, 1.54) is 0 Å². The van der Waals surface area contributed by atoms with Crippen LogP contribution in [0.5, 0.6) is 17.5 Å². The molecule has 0 unspecified atom stereocenters. The fourth-order valence-corrected chi connectivity index (χ4v) is 2.43. The highest BCUT2D eigenvalue weighted by Gasteiger charge is 2.06. The van der Waals surface area contributed by atoms with Crippen molar-refractivity contribution in [2.45, 2.75) is 13.3 Å². The first-order valence-electron chi connectivity index (χ1n) is 7.94. The van der Waals surface area contributed by atoms with Crippen LogP contribution >= 0.6 is 0 Å². The average molecular weight is 324 g/mol. The minimum absolute atomic E-state index is 0.395. The van der Waals surface area contributed by atoms with Gasteiger partial charge in [-0.3, -0.25) is 0 Å². The van der Waals surface area contributed by atoms with Crippen LogP contribution in [0.15, 0.2) is 48.7 Å². The normalized spacial score (nSPS) is 10.6. The molecule has 1 aromatic heterocycles. The predicted octanol–water partition coefficient (Wildman–Crippen LogP) is 3.66. The van der Waals surface area contributed by atoms with Gasteiger partial charge in [0.2, 0.25) is 0 Å². The Kier molecular flexibility index (Phi) is 5.11. The highest BCUT2D eigenvalue weighted by Crippen LogP contribution is 2.28. The molecule has 0 aliphatic heterocycles. The maximum Gasteiger partial charge on any atom is 0.316 e. The molecule has 5 heteroatoms. The van der Waals surface area contributed by atoms with Crippen molar-refractivity contribution < 1.29 is 14.2 Å². The van der Waals surface area contributed by atoms with Crippen molar-refractivity contribution in [2.75, 3.05) is 20.3 Å². The highest BCUT2D eigenvalue weighted by molar-refractivity contribution is 5.77. The van der Waals surface area contributed by atoms with E-state index in [0.717, 1.165) is 34.4 Å². The quantitative estimate of drug-likeness (QED) is 0.664. The Bertz CT molecular complexity index is 821. The molecule has 124 valence electrons. The molecule has 0 aliphatic rings. The fourth-order valence-electron chi connectivity index (χ4n) is 2.43. The summed E-state index contributed by atoms with van der Waals surface area (Å²) in [7, 11) is 1.64. The lowest BCUT2D eigenvalue weighted by Crippen LogP contribution is -2.05. The number of methoxy groups -OCH3 is 1. The topological polar surface area (TPSA) is 53.5 Å². The number of hydrogen-bond donors (Lipinski definition) is 0. The van der Waals surface area contributed by atoms with Crippen molar-refractivity contribution in [3.8, 4) is 17.5 Å². The van der Waals surface area contributed by atoms with Crippen LogP contribution in [0.1, 0.15) is 12.5 Å². The summed E-state index contributed by atoms with van der Waals surface area (Å²) in [6.45, 7) is 3.05. The Morgan fingerprint density at radius 2 is 1.88 bits per heavy atom. The minimum Gasteiger partial charge on any atom is -0.493 e. The van der Waals surface area contributed by atoms with Crippen LogP contribution in [0.3, 0.4) is 0 Å². The van der Waals surface area contributed by atoms with E-state index < -0.39 is 0 Å². The Morgan fingerprint density at radius 1 is 1.00 bits per heavy atom. The number of rotatable bonds is 7. The van der Waals surface area contributed by atoms with E-state index in [1.807, 2.05) is 49.4 Å². The van der Waals surface area contributed by atoms with Crippen molar-refractivity contribution in [3.63, 3.8) is 0 Å². The summed E-state index contributed by atoms with van der Waals surface area (Å²) in [6, 6.07) is 14.1. The van der Waals surface area contributed by atoms with Crippen molar-refractivity contribution in [3.05, 3.63) is 54.2 Å². The van der Waals surface area contributed by atoms with Crippen LogP contribution < -0.4 is 14.2 Å². The first-order chi connectivity index (χ1) is 11.8. The number of benzene rings is 2. The maximum absolute atomic E-state index is 5.67. The van der Waals surface area contributed by atoms with Gasteiger partial charge in [0.15, 0.2) is 11.5 Å². The zero-order valence-electron chi connectivity index (χ0n) is 13.9. The van der Waals surface area contributed by atoms with Gasteiger partial charge in [-0.1, -0.05) is 24.3 Å². The zero-order valence-corrected chi connectivity index (χ0v) is 13.9. The summed E-state index contributed by atoms with van der Waals surface area (Å²) < 4.78 is 16.6. The van der Waals surface area contributed by atoms with E-state index in [9.17, 15) is 0 Å². The molecule has 0 radical (unpaired) electrons. The van der Waals surface area contributed by atoms with Gasteiger partial charge < -0.3 is 14.2 Å². The lowest BCUT2D eigenvalue weighted by Gasteiger charge is -2.11. The summed E-state index contributed by atoms with van der Waals surface area (Å²) >= 11 is 0. The zero-order chi connectivity index (χ0) is 16.8. The van der Waals surface area contributed by atoms with Gasteiger partial charge in [-0.25, -0.2) is 4.98 Å². The van der Waals surface area contributed by atoms with E-state index >= 15 is 0 Å². The molecule has 3 rings (SSSR count). The Morgan fingerprint density at radius 3 is 2.71 bits per heavy atom. The number of aromatic nitrogens is 2. The molecule has 0 bridgehead atoms. The van der Waals surface area contributed by atoms with Crippen LogP contribution in [0.25, 0.3) is 10.9 Å². The van der Waals surface area contributed by atoms with Crippen LogP contribution in [0, 0.1) is 0 Å². The molecule has 2 aromatic carbocycles. The number of nitrogens with zero attached hydrogens (tertiary/aromatic N) is 2. The number of para-hydroxylation sites is 1. The van der Waals surface area contributed by atoms with Gasteiger partial charge in [-0.15, -0.1) is 0 Å². The molecule has 0 aliphatic carbocycles. The first kappa shape index (κ1) is 16.1. The Labute approximate surface area is 141 Å². The second kappa shape index (κ2) is 7.64.